The van der Waals surface area contributed by atoms with Crippen LogP contribution in [0.15, 0.2) is 53.1 Å². The number of thiocarbonyl (C=S) groups is 1. The third-order valence-electron chi connectivity index (χ3n) is 3.36. The summed E-state index contributed by atoms with van der Waals surface area (Å²) < 4.78 is 0. The summed E-state index contributed by atoms with van der Waals surface area (Å²) in [5.74, 6) is -0.302. The highest BCUT2D eigenvalue weighted by Crippen LogP contribution is 2.18. The zero-order valence-corrected chi connectivity index (χ0v) is 14.2. The van der Waals surface area contributed by atoms with Gasteiger partial charge in [0.1, 0.15) is 0 Å². The average molecular weight is 351 g/mol. The van der Waals surface area contributed by atoms with Gasteiger partial charge in [-0.1, -0.05) is 60.2 Å². The lowest BCUT2D eigenvalue weighted by Crippen LogP contribution is -2.39. The molecule has 0 bridgehead atoms. The van der Waals surface area contributed by atoms with Gasteiger partial charge in [0.2, 0.25) is 0 Å². The Balaban J connectivity index is 1.71. The van der Waals surface area contributed by atoms with E-state index in [1.54, 1.807) is 12.2 Å². The van der Waals surface area contributed by atoms with Gasteiger partial charge in [-0.05, 0) is 11.6 Å². The van der Waals surface area contributed by atoms with Gasteiger partial charge in [-0.15, -0.1) is 0 Å². The minimum atomic E-state index is -0.675. The second-order valence-corrected chi connectivity index (χ2v) is 6.18. The quantitative estimate of drug-likeness (QED) is 0.659. The molecule has 1 aliphatic carbocycles. The Labute approximate surface area is 146 Å². The van der Waals surface area contributed by atoms with E-state index in [0.717, 1.165) is 5.56 Å². The fourth-order valence-electron chi connectivity index (χ4n) is 2.13. The summed E-state index contributed by atoms with van der Waals surface area (Å²) >= 11 is 11.0. The third kappa shape index (κ3) is 5.88. The van der Waals surface area contributed by atoms with Crippen molar-refractivity contribution in [2.75, 3.05) is 13.1 Å². The molecule has 0 radical (unpaired) electrons. The fourth-order valence-corrected chi connectivity index (χ4v) is 2.55. The number of benzene rings is 1. The smallest absolute Gasteiger partial charge is 0.252 e. The Morgan fingerprint density at radius 2 is 2.04 bits per heavy atom. The van der Waals surface area contributed by atoms with Crippen LogP contribution in [0, 0.1) is 0 Å². The molecule has 3 N–H and O–H groups in total. The standard InChI is InChI=1S/C17H19ClN2O2S/c18-13-6-7-16(23)15(8-13)17(22)20-11-14(21)10-19-9-12-4-2-1-3-5-12/h1-6,8,14,19,21H,7,9-11H2,(H,20,22). The topological polar surface area (TPSA) is 61.4 Å². The predicted octanol–water partition coefficient (Wildman–Crippen LogP) is 2.08. The predicted molar refractivity (Wildman–Crippen MR) is 96.4 cm³/mol. The maximum atomic E-state index is 12.1. The highest BCUT2D eigenvalue weighted by atomic mass is 35.5. The number of carbonyl (C=O) groups excluding carboxylic acids is 1. The number of nitrogens with one attached hydrogen (secondary N) is 2. The van der Waals surface area contributed by atoms with E-state index in [4.69, 9.17) is 23.8 Å². The van der Waals surface area contributed by atoms with E-state index in [1.807, 2.05) is 30.3 Å². The molecule has 1 atom stereocenters. The molecule has 0 spiro atoms. The summed E-state index contributed by atoms with van der Waals surface area (Å²) in [7, 11) is 0. The van der Waals surface area contributed by atoms with Crippen molar-refractivity contribution < 1.29 is 9.90 Å². The van der Waals surface area contributed by atoms with Crippen molar-refractivity contribution in [3.05, 3.63) is 58.7 Å². The number of allylic oxidation sites excluding steroid dienone is 3. The highest BCUT2D eigenvalue weighted by Gasteiger charge is 2.18. The molecule has 1 unspecified atom stereocenters. The maximum absolute atomic E-state index is 12.1. The van der Waals surface area contributed by atoms with Crippen LogP contribution in [0.1, 0.15) is 12.0 Å². The number of amides is 1. The maximum Gasteiger partial charge on any atom is 0.252 e. The zero-order chi connectivity index (χ0) is 16.7. The van der Waals surface area contributed by atoms with Gasteiger partial charge in [0, 0.05) is 36.0 Å². The molecule has 1 amide bonds. The zero-order valence-electron chi connectivity index (χ0n) is 12.6. The number of hydrogen-bond acceptors (Lipinski definition) is 4. The lowest BCUT2D eigenvalue weighted by atomic mass is 10.0. The third-order valence-corrected chi connectivity index (χ3v) is 4.01. The van der Waals surface area contributed by atoms with Gasteiger partial charge in [0.05, 0.1) is 11.7 Å². The fraction of sp³-hybridized carbons (Fsp3) is 0.294. The lowest BCUT2D eigenvalue weighted by molar-refractivity contribution is -0.117. The number of carbonyl (C=O) groups is 1. The van der Waals surface area contributed by atoms with Crippen LogP contribution in [0.5, 0.6) is 0 Å². The van der Waals surface area contributed by atoms with Gasteiger partial charge >= 0.3 is 0 Å². The first kappa shape index (κ1) is 17.8. The molecule has 0 aliphatic heterocycles. The molecule has 1 aromatic carbocycles. The largest absolute Gasteiger partial charge is 0.390 e. The van der Waals surface area contributed by atoms with E-state index >= 15 is 0 Å². The Hall–Kier alpha value is -1.53. The summed E-state index contributed by atoms with van der Waals surface area (Å²) in [5.41, 5.74) is 1.54. The summed E-state index contributed by atoms with van der Waals surface area (Å²) in [6.45, 7) is 1.21. The number of hydrogen-bond donors (Lipinski definition) is 3. The molecule has 0 fully saturated rings. The second-order valence-electron chi connectivity index (χ2n) is 5.25. The second kappa shape index (κ2) is 8.93. The van der Waals surface area contributed by atoms with Crippen LogP contribution < -0.4 is 10.6 Å². The van der Waals surface area contributed by atoms with E-state index in [1.165, 1.54) is 0 Å². The van der Waals surface area contributed by atoms with Crippen molar-refractivity contribution in [3.8, 4) is 0 Å². The van der Waals surface area contributed by atoms with Gasteiger partial charge in [-0.3, -0.25) is 4.79 Å². The molecule has 0 saturated carbocycles. The molecule has 23 heavy (non-hydrogen) atoms. The molecule has 0 saturated heterocycles. The first-order valence-corrected chi connectivity index (χ1v) is 8.16. The van der Waals surface area contributed by atoms with Crippen LogP contribution in [0.4, 0.5) is 0 Å². The number of halogens is 1. The van der Waals surface area contributed by atoms with Gasteiger partial charge in [0.15, 0.2) is 0 Å². The summed E-state index contributed by atoms with van der Waals surface area (Å²) in [4.78, 5) is 12.6. The molecular formula is C17H19ClN2O2S. The highest BCUT2D eigenvalue weighted by molar-refractivity contribution is 7.81. The van der Waals surface area contributed by atoms with Crippen molar-refractivity contribution in [3.63, 3.8) is 0 Å². The summed E-state index contributed by atoms with van der Waals surface area (Å²) in [6.07, 6.45) is 3.15. The SMILES string of the molecule is O=C(NCC(O)CNCc1ccccc1)C1=CC(Cl)=CCC1=S. The minimum absolute atomic E-state index is 0.155. The minimum Gasteiger partial charge on any atom is -0.390 e. The molecule has 0 heterocycles. The molecule has 6 heteroatoms. The van der Waals surface area contributed by atoms with Crippen LogP contribution in [-0.4, -0.2) is 35.1 Å². The number of aliphatic hydroxyl groups is 1. The van der Waals surface area contributed by atoms with Crippen LogP contribution in [-0.2, 0) is 11.3 Å². The molecule has 0 aromatic heterocycles. The van der Waals surface area contributed by atoms with Crippen LogP contribution in [0.25, 0.3) is 0 Å². The van der Waals surface area contributed by atoms with Gasteiger partial charge in [0.25, 0.3) is 5.91 Å². The summed E-state index contributed by atoms with van der Waals surface area (Å²) in [6, 6.07) is 9.91. The Bertz CT molecular complexity index is 629. The molecule has 4 nitrogen and oxygen atoms in total. The van der Waals surface area contributed by atoms with Gasteiger partial charge < -0.3 is 15.7 Å². The van der Waals surface area contributed by atoms with E-state index in [9.17, 15) is 9.90 Å². The van der Waals surface area contributed by atoms with Crippen LogP contribution >= 0.6 is 23.8 Å². The van der Waals surface area contributed by atoms with Gasteiger partial charge in [-0.2, -0.15) is 0 Å². The number of rotatable bonds is 7. The molecular weight excluding hydrogens is 332 g/mol. The molecule has 1 aliphatic rings. The molecule has 1 aromatic rings. The molecule has 2 rings (SSSR count). The first-order valence-electron chi connectivity index (χ1n) is 7.37. The van der Waals surface area contributed by atoms with E-state index in [2.05, 4.69) is 10.6 Å². The monoisotopic (exact) mass is 350 g/mol. The summed E-state index contributed by atoms with van der Waals surface area (Å²) in [5, 5.41) is 16.3. The van der Waals surface area contributed by atoms with Crippen LogP contribution in [0.3, 0.4) is 0 Å². The van der Waals surface area contributed by atoms with Crippen molar-refractivity contribution in [2.45, 2.75) is 19.1 Å². The van der Waals surface area contributed by atoms with Crippen molar-refractivity contribution in [2.24, 2.45) is 0 Å². The normalized spacial score (nSPS) is 15.7. The molecule has 122 valence electrons. The Morgan fingerprint density at radius 1 is 1.30 bits per heavy atom. The average Bonchev–Trinajstić information content (AvgIpc) is 2.56. The Kier molecular flexibility index (Phi) is 6.92. The Morgan fingerprint density at radius 3 is 2.78 bits per heavy atom. The van der Waals surface area contributed by atoms with Gasteiger partial charge in [-0.25, -0.2) is 0 Å². The van der Waals surface area contributed by atoms with Crippen LogP contribution in [0.2, 0.25) is 0 Å². The first-order chi connectivity index (χ1) is 11.1. The van der Waals surface area contributed by atoms with Crippen molar-refractivity contribution in [1.82, 2.24) is 10.6 Å². The lowest BCUT2D eigenvalue weighted by Gasteiger charge is -2.15. The number of aliphatic hydroxyl groups excluding tert-OH is 1. The van der Waals surface area contributed by atoms with E-state index < -0.39 is 6.10 Å². The van der Waals surface area contributed by atoms with Crippen molar-refractivity contribution >= 4 is 34.6 Å². The van der Waals surface area contributed by atoms with E-state index in [-0.39, 0.29) is 12.5 Å². The van der Waals surface area contributed by atoms with E-state index in [0.29, 0.717) is 35.0 Å². The van der Waals surface area contributed by atoms with Crippen molar-refractivity contribution in [1.29, 1.82) is 0 Å².